The number of carbonyl (C=O) groups is 1. The topological polar surface area (TPSA) is 98.3 Å². The summed E-state index contributed by atoms with van der Waals surface area (Å²) in [5, 5.41) is 12.8. The summed E-state index contributed by atoms with van der Waals surface area (Å²) < 4.78 is 13.0. The lowest BCUT2D eigenvalue weighted by Crippen LogP contribution is -2.45. The number of nitro groups is 1. The Morgan fingerprint density at radius 2 is 2.06 bits per heavy atom. The van der Waals surface area contributed by atoms with Gasteiger partial charge in [-0.1, -0.05) is 0 Å². The van der Waals surface area contributed by atoms with Crippen molar-refractivity contribution < 1.29 is 14.1 Å². The standard InChI is InChI=1S/C10H12FN3O3/c1-10(2,12)9(15)13-7-3-6(11)4-8(5-7)14(16)17/h3-5H,12H2,1-2H3,(H,13,15). The van der Waals surface area contributed by atoms with Crippen LogP contribution in [0.4, 0.5) is 15.8 Å². The number of nitrogens with zero attached hydrogens (tertiary/aromatic N) is 1. The number of halogens is 1. The van der Waals surface area contributed by atoms with Gasteiger partial charge in [-0.25, -0.2) is 4.39 Å². The summed E-state index contributed by atoms with van der Waals surface area (Å²) in [6.07, 6.45) is 0. The van der Waals surface area contributed by atoms with E-state index in [9.17, 15) is 19.3 Å². The number of non-ortho nitro benzene ring substituents is 1. The Kier molecular flexibility index (Phi) is 3.42. The minimum absolute atomic E-state index is 0.000208. The van der Waals surface area contributed by atoms with E-state index in [-0.39, 0.29) is 5.69 Å². The molecule has 0 heterocycles. The summed E-state index contributed by atoms with van der Waals surface area (Å²) in [5.41, 5.74) is 3.94. The highest BCUT2D eigenvalue weighted by Gasteiger charge is 2.22. The number of anilines is 1. The van der Waals surface area contributed by atoms with Crippen LogP contribution in [0.25, 0.3) is 0 Å². The van der Waals surface area contributed by atoms with Crippen LogP contribution in [0.5, 0.6) is 0 Å². The second kappa shape index (κ2) is 4.46. The van der Waals surface area contributed by atoms with Gasteiger partial charge in [0, 0.05) is 6.07 Å². The SMILES string of the molecule is CC(C)(N)C(=O)Nc1cc(F)cc([N+](=O)[O-])c1. The molecule has 0 aliphatic rings. The highest BCUT2D eigenvalue weighted by atomic mass is 19.1. The Bertz CT molecular complexity index is 468. The molecule has 0 fully saturated rings. The molecule has 0 bridgehead atoms. The minimum atomic E-state index is -1.15. The molecule has 92 valence electrons. The van der Waals surface area contributed by atoms with Gasteiger partial charge in [-0.2, -0.15) is 0 Å². The molecular formula is C10H12FN3O3. The smallest absolute Gasteiger partial charge is 0.274 e. The summed E-state index contributed by atoms with van der Waals surface area (Å²) in [7, 11) is 0. The third-order valence-corrected chi connectivity index (χ3v) is 1.94. The third kappa shape index (κ3) is 3.49. The quantitative estimate of drug-likeness (QED) is 0.617. The van der Waals surface area contributed by atoms with Crippen molar-refractivity contribution in [2.75, 3.05) is 5.32 Å². The average Bonchev–Trinajstić information content (AvgIpc) is 2.14. The van der Waals surface area contributed by atoms with Crippen LogP contribution in [0.2, 0.25) is 0 Å². The number of amides is 1. The first kappa shape index (κ1) is 13.0. The molecule has 6 nitrogen and oxygen atoms in total. The van der Waals surface area contributed by atoms with E-state index in [1.807, 2.05) is 0 Å². The summed E-state index contributed by atoms with van der Waals surface area (Å²) in [6, 6.07) is 2.81. The van der Waals surface area contributed by atoms with Crippen molar-refractivity contribution in [3.8, 4) is 0 Å². The van der Waals surface area contributed by atoms with Crippen LogP contribution in [-0.4, -0.2) is 16.4 Å². The van der Waals surface area contributed by atoms with Crippen LogP contribution < -0.4 is 11.1 Å². The largest absolute Gasteiger partial charge is 0.324 e. The van der Waals surface area contributed by atoms with Crippen LogP contribution in [0, 0.1) is 15.9 Å². The summed E-state index contributed by atoms with van der Waals surface area (Å²) >= 11 is 0. The van der Waals surface area contributed by atoms with Gasteiger partial charge in [0.15, 0.2) is 0 Å². The lowest BCUT2D eigenvalue weighted by molar-refractivity contribution is -0.385. The fourth-order valence-electron chi connectivity index (χ4n) is 1.04. The predicted octanol–water partition coefficient (Wildman–Crippen LogP) is 1.41. The second-order valence-corrected chi connectivity index (χ2v) is 4.13. The third-order valence-electron chi connectivity index (χ3n) is 1.94. The van der Waals surface area contributed by atoms with E-state index in [4.69, 9.17) is 5.73 Å². The zero-order valence-electron chi connectivity index (χ0n) is 9.36. The number of benzene rings is 1. The Morgan fingerprint density at radius 3 is 2.53 bits per heavy atom. The predicted molar refractivity (Wildman–Crippen MR) is 60.0 cm³/mol. The molecule has 17 heavy (non-hydrogen) atoms. The maximum absolute atomic E-state index is 13.0. The molecule has 0 saturated carbocycles. The molecule has 0 atom stereocenters. The molecule has 0 radical (unpaired) electrons. The van der Waals surface area contributed by atoms with Crippen molar-refractivity contribution >= 4 is 17.3 Å². The highest BCUT2D eigenvalue weighted by Crippen LogP contribution is 2.20. The number of hydrogen-bond donors (Lipinski definition) is 2. The maximum atomic E-state index is 13.0. The van der Waals surface area contributed by atoms with Gasteiger partial charge in [0.25, 0.3) is 5.69 Å². The van der Waals surface area contributed by atoms with Gasteiger partial charge in [-0.15, -0.1) is 0 Å². The van der Waals surface area contributed by atoms with Gasteiger partial charge >= 0.3 is 0 Å². The Labute approximate surface area is 96.8 Å². The summed E-state index contributed by atoms with van der Waals surface area (Å²) in [6.45, 7) is 2.94. The first-order valence-corrected chi connectivity index (χ1v) is 4.75. The van der Waals surface area contributed by atoms with E-state index in [1.54, 1.807) is 0 Å². The van der Waals surface area contributed by atoms with Crippen molar-refractivity contribution in [3.05, 3.63) is 34.1 Å². The van der Waals surface area contributed by atoms with Crippen molar-refractivity contribution in [1.82, 2.24) is 0 Å². The molecule has 1 amide bonds. The molecular weight excluding hydrogens is 229 g/mol. The number of hydrogen-bond acceptors (Lipinski definition) is 4. The first-order chi connectivity index (χ1) is 7.70. The van der Waals surface area contributed by atoms with Gasteiger partial charge in [0.2, 0.25) is 5.91 Å². The van der Waals surface area contributed by atoms with Crippen molar-refractivity contribution in [1.29, 1.82) is 0 Å². The average molecular weight is 241 g/mol. The lowest BCUT2D eigenvalue weighted by Gasteiger charge is -2.17. The zero-order valence-corrected chi connectivity index (χ0v) is 9.36. The van der Waals surface area contributed by atoms with Gasteiger partial charge in [-0.3, -0.25) is 14.9 Å². The van der Waals surface area contributed by atoms with E-state index < -0.39 is 27.9 Å². The first-order valence-electron chi connectivity index (χ1n) is 4.75. The van der Waals surface area contributed by atoms with Crippen LogP contribution in [-0.2, 0) is 4.79 Å². The molecule has 1 rings (SSSR count). The fourth-order valence-corrected chi connectivity index (χ4v) is 1.04. The normalized spacial score (nSPS) is 11.1. The molecule has 7 heteroatoms. The molecule has 1 aromatic rings. The monoisotopic (exact) mass is 241 g/mol. The van der Waals surface area contributed by atoms with Gasteiger partial charge in [-0.05, 0) is 19.9 Å². The maximum Gasteiger partial charge on any atom is 0.274 e. The van der Waals surface area contributed by atoms with Gasteiger partial charge < -0.3 is 11.1 Å². The molecule has 1 aromatic carbocycles. The van der Waals surface area contributed by atoms with Crippen molar-refractivity contribution in [3.63, 3.8) is 0 Å². The fraction of sp³-hybridized carbons (Fsp3) is 0.300. The molecule has 0 spiro atoms. The Morgan fingerprint density at radius 1 is 1.47 bits per heavy atom. The van der Waals surface area contributed by atoms with Crippen molar-refractivity contribution in [2.24, 2.45) is 5.73 Å². The minimum Gasteiger partial charge on any atom is -0.324 e. The Hall–Kier alpha value is -2.02. The van der Waals surface area contributed by atoms with Gasteiger partial charge in [0.05, 0.1) is 22.2 Å². The van der Waals surface area contributed by atoms with E-state index in [0.29, 0.717) is 0 Å². The van der Waals surface area contributed by atoms with E-state index in [0.717, 1.165) is 18.2 Å². The molecule has 0 aromatic heterocycles. The van der Waals surface area contributed by atoms with Crippen LogP contribution >= 0.6 is 0 Å². The summed E-state index contributed by atoms with van der Waals surface area (Å²) in [5.74, 6) is -1.36. The van der Waals surface area contributed by atoms with Crippen LogP contribution in [0.15, 0.2) is 18.2 Å². The van der Waals surface area contributed by atoms with Crippen LogP contribution in [0.3, 0.4) is 0 Å². The number of carbonyl (C=O) groups excluding carboxylic acids is 1. The zero-order chi connectivity index (χ0) is 13.2. The number of nitrogens with one attached hydrogen (secondary N) is 1. The van der Waals surface area contributed by atoms with E-state index in [2.05, 4.69) is 5.32 Å². The molecule has 0 saturated heterocycles. The molecule has 0 aliphatic carbocycles. The number of nitro benzene ring substituents is 1. The van der Waals surface area contributed by atoms with E-state index >= 15 is 0 Å². The summed E-state index contributed by atoms with van der Waals surface area (Å²) in [4.78, 5) is 21.2. The van der Waals surface area contributed by atoms with E-state index in [1.165, 1.54) is 13.8 Å². The second-order valence-electron chi connectivity index (χ2n) is 4.13. The van der Waals surface area contributed by atoms with Gasteiger partial charge in [0.1, 0.15) is 5.82 Å². The van der Waals surface area contributed by atoms with Crippen molar-refractivity contribution in [2.45, 2.75) is 19.4 Å². The van der Waals surface area contributed by atoms with Crippen LogP contribution in [0.1, 0.15) is 13.8 Å². The molecule has 0 aliphatic heterocycles. The number of nitrogens with two attached hydrogens (primary N) is 1. The number of rotatable bonds is 3. The highest BCUT2D eigenvalue weighted by molar-refractivity contribution is 5.97. The molecule has 3 N–H and O–H groups in total. The molecule has 0 unspecified atom stereocenters. The lowest BCUT2D eigenvalue weighted by atomic mass is 10.1. The Balaban J connectivity index is 3.00.